The first-order valence-corrected chi connectivity index (χ1v) is 22.2. The molecule has 0 amide bonds. The van der Waals surface area contributed by atoms with Gasteiger partial charge in [0, 0.05) is 0 Å². The van der Waals surface area contributed by atoms with Crippen LogP contribution >= 0.6 is 0 Å². The molecule has 0 aliphatic heterocycles. The van der Waals surface area contributed by atoms with Crippen LogP contribution in [0.2, 0.25) is 13.3 Å². The summed E-state index contributed by atoms with van der Waals surface area (Å²) in [6.45, 7) is 16.0. The number of benzene rings is 1. The Kier molecular flexibility index (Phi) is 21.8. The van der Waals surface area contributed by atoms with Crippen LogP contribution in [-0.4, -0.2) is 32.7 Å². The summed E-state index contributed by atoms with van der Waals surface area (Å²) in [6.07, 6.45) is 18.0. The Hall–Kier alpha value is -0.0713. The van der Waals surface area contributed by atoms with Crippen LogP contribution < -0.4 is 0 Å². The molecule has 1 aromatic rings. The first-order chi connectivity index (χ1) is 16.9. The van der Waals surface area contributed by atoms with E-state index in [0.29, 0.717) is 0 Å². The van der Waals surface area contributed by atoms with Crippen molar-refractivity contribution in [2.24, 2.45) is 17.8 Å². The molecule has 210 valence electrons. The van der Waals surface area contributed by atoms with Crippen LogP contribution in [-0.2, 0) is 10.1 Å². The SMILES string of the molecule is CC(C)CCCC[CH2][Sn+]([CH2]CCCCC(C)C)[CH2]CCCCC(C)C.Cc1ccc(S(=O)(=O)[O-])cc1. The van der Waals surface area contributed by atoms with Crippen molar-refractivity contribution < 1.29 is 13.0 Å². The van der Waals surface area contributed by atoms with Gasteiger partial charge in [-0.25, -0.2) is 8.42 Å². The van der Waals surface area contributed by atoms with E-state index in [-0.39, 0.29) is 4.90 Å². The standard InChI is InChI=1S/3C8H17.C7H8O3S.Sn/c3*1-4-5-6-7-8(2)3;1-6-2-4-7(5-3-6)11(8,9)10;/h3*8H,1,4-7H2,2-3H3;2-5H,1H3,(H,8,9,10);/q;;;;+1/p-1. The van der Waals surface area contributed by atoms with E-state index in [1.165, 1.54) is 69.9 Å². The summed E-state index contributed by atoms with van der Waals surface area (Å²) in [6, 6.07) is 5.78. The van der Waals surface area contributed by atoms with Crippen LogP contribution in [0.3, 0.4) is 0 Å². The minimum absolute atomic E-state index is 0.178. The fourth-order valence-corrected chi connectivity index (χ4v) is 13.4. The molecule has 5 heteroatoms. The Labute approximate surface area is 233 Å². The summed E-state index contributed by atoms with van der Waals surface area (Å²) >= 11 is -1.04. The topological polar surface area (TPSA) is 57.2 Å². The number of unbranched alkanes of at least 4 members (excludes halogenated alkanes) is 6. The van der Waals surface area contributed by atoms with Crippen molar-refractivity contribution in [3.05, 3.63) is 29.8 Å². The van der Waals surface area contributed by atoms with Gasteiger partial charge in [-0.2, -0.15) is 0 Å². The Morgan fingerprint density at radius 2 is 0.944 bits per heavy atom. The van der Waals surface area contributed by atoms with Gasteiger partial charge in [-0.05, 0) is 19.1 Å². The zero-order valence-electron chi connectivity index (χ0n) is 24.8. The molecule has 0 aliphatic rings. The van der Waals surface area contributed by atoms with Gasteiger partial charge < -0.3 is 4.55 Å². The summed E-state index contributed by atoms with van der Waals surface area (Å²) in [5, 5.41) is 0. The molecule has 0 radical (unpaired) electrons. The van der Waals surface area contributed by atoms with Gasteiger partial charge in [-0.3, -0.25) is 0 Å². The smallest absolute Gasteiger partial charge is 0.124 e. The molecule has 0 unspecified atom stereocenters. The predicted molar refractivity (Wildman–Crippen MR) is 159 cm³/mol. The second kappa shape index (κ2) is 21.8. The average Bonchev–Trinajstić information content (AvgIpc) is 2.77. The zero-order chi connectivity index (χ0) is 27.4. The maximum atomic E-state index is 10.4. The molecule has 0 bridgehead atoms. The third kappa shape index (κ3) is 23.1. The molecule has 0 saturated heterocycles. The van der Waals surface area contributed by atoms with Crippen LogP contribution in [0.1, 0.15) is 124 Å². The first-order valence-electron chi connectivity index (χ1n) is 14.8. The Morgan fingerprint density at radius 3 is 1.22 bits per heavy atom. The van der Waals surface area contributed by atoms with Gasteiger partial charge in [0.1, 0.15) is 10.1 Å². The van der Waals surface area contributed by atoms with Gasteiger partial charge in [0.25, 0.3) is 0 Å². The maximum absolute atomic E-state index is 10.4. The van der Waals surface area contributed by atoms with E-state index >= 15 is 0 Å². The van der Waals surface area contributed by atoms with Gasteiger partial charge in [-0.15, -0.1) is 0 Å². The van der Waals surface area contributed by atoms with Crippen molar-refractivity contribution in [3.63, 3.8) is 0 Å². The molecule has 0 fully saturated rings. The van der Waals surface area contributed by atoms with E-state index in [9.17, 15) is 13.0 Å². The third-order valence-electron chi connectivity index (χ3n) is 6.75. The van der Waals surface area contributed by atoms with Crippen molar-refractivity contribution in [1.29, 1.82) is 0 Å². The van der Waals surface area contributed by atoms with E-state index in [0.717, 1.165) is 23.3 Å². The summed E-state index contributed by atoms with van der Waals surface area (Å²) in [4.78, 5) is -0.178. The number of hydrogen-bond donors (Lipinski definition) is 0. The third-order valence-corrected chi connectivity index (χ3v) is 16.7. The van der Waals surface area contributed by atoms with Crippen molar-refractivity contribution in [2.45, 2.75) is 144 Å². The van der Waals surface area contributed by atoms with E-state index in [1.54, 1.807) is 44.7 Å². The summed E-state index contributed by atoms with van der Waals surface area (Å²) in [5.74, 6) is 2.71. The predicted octanol–water partition coefficient (Wildman–Crippen LogP) is 10.0. The van der Waals surface area contributed by atoms with Crippen LogP contribution in [0.4, 0.5) is 0 Å². The summed E-state index contributed by atoms with van der Waals surface area (Å²) in [5.41, 5.74) is 0.928. The molecule has 0 atom stereocenters. The summed E-state index contributed by atoms with van der Waals surface area (Å²) < 4.78 is 36.3. The van der Waals surface area contributed by atoms with Gasteiger partial charge in [0.15, 0.2) is 0 Å². The van der Waals surface area contributed by atoms with Crippen molar-refractivity contribution in [2.75, 3.05) is 0 Å². The average molecular weight is 630 g/mol. The molecule has 0 aliphatic carbocycles. The second-order valence-corrected chi connectivity index (χ2v) is 21.9. The largest absolute Gasteiger partial charge is 0.744 e. The molecule has 0 aromatic heterocycles. The number of hydrogen-bond acceptors (Lipinski definition) is 3. The zero-order valence-corrected chi connectivity index (χ0v) is 28.5. The van der Waals surface area contributed by atoms with Gasteiger partial charge in [-0.1, -0.05) is 17.7 Å². The Balaban J connectivity index is 0.000000918. The monoisotopic (exact) mass is 630 g/mol. The van der Waals surface area contributed by atoms with Gasteiger partial charge in [0.05, 0.1) is 4.90 Å². The molecule has 0 saturated carbocycles. The van der Waals surface area contributed by atoms with E-state index in [2.05, 4.69) is 41.5 Å². The minimum Gasteiger partial charge on any atom is -0.744 e. The molecule has 0 heterocycles. The molecule has 0 N–H and O–H groups in total. The fraction of sp³-hybridized carbons (Fsp3) is 0.806. The molecule has 1 rings (SSSR count). The quantitative estimate of drug-likeness (QED) is 0.0870. The molecule has 36 heavy (non-hydrogen) atoms. The first kappa shape index (κ1) is 35.9. The molecule has 1 aromatic carbocycles. The van der Waals surface area contributed by atoms with Crippen molar-refractivity contribution >= 4 is 29.9 Å². The molecule has 3 nitrogen and oxygen atoms in total. The molecular weight excluding hydrogens is 571 g/mol. The van der Waals surface area contributed by atoms with Crippen LogP contribution in [0.25, 0.3) is 0 Å². The Morgan fingerprint density at radius 1 is 0.611 bits per heavy atom. The van der Waals surface area contributed by atoms with E-state index < -0.39 is 29.9 Å². The Bertz CT molecular complexity index is 684. The minimum atomic E-state index is -4.27. The van der Waals surface area contributed by atoms with Crippen LogP contribution in [0.5, 0.6) is 0 Å². The number of rotatable bonds is 19. The van der Waals surface area contributed by atoms with E-state index in [1.807, 2.05) is 6.92 Å². The second-order valence-electron chi connectivity index (χ2n) is 12.0. The fourth-order valence-electron chi connectivity index (χ4n) is 4.39. The normalized spacial score (nSPS) is 11.8. The number of aryl methyl sites for hydroxylation is 1. The van der Waals surface area contributed by atoms with Gasteiger partial charge >= 0.3 is 169 Å². The molecule has 0 spiro atoms. The van der Waals surface area contributed by atoms with Gasteiger partial charge in [0.2, 0.25) is 0 Å². The van der Waals surface area contributed by atoms with E-state index in [4.69, 9.17) is 0 Å². The molecular formula is C31H58O3SSn. The van der Waals surface area contributed by atoms with Crippen molar-refractivity contribution in [3.8, 4) is 0 Å². The summed E-state index contributed by atoms with van der Waals surface area (Å²) in [7, 11) is -4.27. The van der Waals surface area contributed by atoms with Crippen molar-refractivity contribution in [1.82, 2.24) is 0 Å². The van der Waals surface area contributed by atoms with Crippen LogP contribution in [0.15, 0.2) is 29.2 Å². The van der Waals surface area contributed by atoms with Crippen LogP contribution in [0, 0.1) is 24.7 Å². The maximum Gasteiger partial charge on any atom is 0.124 e.